The van der Waals surface area contributed by atoms with Crippen LogP contribution in [0.15, 0.2) is 72.8 Å². The molecule has 6 heteroatoms. The molecule has 164 valence electrons. The Labute approximate surface area is 187 Å². The summed E-state index contributed by atoms with van der Waals surface area (Å²) in [5, 5.41) is 3.02. The molecule has 32 heavy (non-hydrogen) atoms. The lowest BCUT2D eigenvalue weighted by atomic mass is 10.1. The van der Waals surface area contributed by atoms with Gasteiger partial charge in [0.2, 0.25) is 0 Å². The van der Waals surface area contributed by atoms with Crippen LogP contribution in [0, 0.1) is 6.92 Å². The van der Waals surface area contributed by atoms with Gasteiger partial charge in [0.1, 0.15) is 23.9 Å². The van der Waals surface area contributed by atoms with Gasteiger partial charge in [-0.1, -0.05) is 36.4 Å². The van der Waals surface area contributed by atoms with Crippen LogP contribution < -0.4 is 14.8 Å². The first-order valence-electron chi connectivity index (χ1n) is 10.7. The molecular weight excluding hydrogens is 402 g/mol. The van der Waals surface area contributed by atoms with Gasteiger partial charge in [0.05, 0.1) is 24.7 Å². The molecule has 4 aromatic rings. The SMILES string of the molecule is COc1cccc(OCCn2c(CCNC(=O)c3ccccc3C)nc3ccccc32)c1. The Morgan fingerprint density at radius 3 is 2.62 bits per heavy atom. The van der Waals surface area contributed by atoms with Crippen molar-refractivity contribution in [1.29, 1.82) is 0 Å². The van der Waals surface area contributed by atoms with E-state index in [4.69, 9.17) is 14.5 Å². The summed E-state index contributed by atoms with van der Waals surface area (Å²) in [6, 6.07) is 23.2. The maximum atomic E-state index is 12.5. The Balaban J connectivity index is 1.43. The van der Waals surface area contributed by atoms with E-state index in [-0.39, 0.29) is 5.91 Å². The zero-order valence-electron chi connectivity index (χ0n) is 18.4. The normalized spacial score (nSPS) is 10.8. The molecule has 0 aliphatic heterocycles. The molecule has 0 saturated carbocycles. The molecule has 0 radical (unpaired) electrons. The monoisotopic (exact) mass is 429 g/mol. The number of carbonyl (C=O) groups excluding carboxylic acids is 1. The molecule has 0 fully saturated rings. The molecule has 0 spiro atoms. The highest BCUT2D eigenvalue weighted by atomic mass is 16.5. The maximum absolute atomic E-state index is 12.5. The van der Waals surface area contributed by atoms with Gasteiger partial charge in [0.25, 0.3) is 5.91 Å². The van der Waals surface area contributed by atoms with Crippen molar-refractivity contribution in [2.45, 2.75) is 19.9 Å². The van der Waals surface area contributed by atoms with Gasteiger partial charge in [0, 0.05) is 24.6 Å². The van der Waals surface area contributed by atoms with Gasteiger partial charge in [-0.3, -0.25) is 4.79 Å². The average molecular weight is 430 g/mol. The topological polar surface area (TPSA) is 65.4 Å². The van der Waals surface area contributed by atoms with Crippen LogP contribution in [0.4, 0.5) is 0 Å². The third-order valence-electron chi connectivity index (χ3n) is 5.38. The van der Waals surface area contributed by atoms with Crippen LogP contribution in [-0.2, 0) is 13.0 Å². The lowest BCUT2D eigenvalue weighted by Crippen LogP contribution is -2.27. The lowest BCUT2D eigenvalue weighted by molar-refractivity contribution is 0.0953. The number of hydrogen-bond donors (Lipinski definition) is 1. The molecule has 0 aliphatic carbocycles. The summed E-state index contributed by atoms with van der Waals surface area (Å²) in [6.45, 7) is 3.60. The number of rotatable bonds is 9. The van der Waals surface area contributed by atoms with Crippen molar-refractivity contribution in [2.24, 2.45) is 0 Å². The number of benzene rings is 3. The summed E-state index contributed by atoms with van der Waals surface area (Å²) < 4.78 is 13.4. The summed E-state index contributed by atoms with van der Waals surface area (Å²) in [7, 11) is 1.64. The first-order chi connectivity index (χ1) is 15.7. The molecule has 0 aliphatic rings. The first kappa shape index (κ1) is 21.4. The molecule has 4 rings (SSSR count). The number of amides is 1. The third kappa shape index (κ3) is 4.91. The molecule has 1 heterocycles. The Bertz CT molecular complexity index is 1220. The van der Waals surface area contributed by atoms with Crippen LogP contribution >= 0.6 is 0 Å². The Kier molecular flexibility index (Phi) is 6.70. The second kappa shape index (κ2) is 10.0. The summed E-state index contributed by atoms with van der Waals surface area (Å²) >= 11 is 0. The zero-order chi connectivity index (χ0) is 22.3. The predicted octanol–water partition coefficient (Wildman–Crippen LogP) is 4.40. The number of nitrogens with one attached hydrogen (secondary N) is 1. The second-order valence-corrected chi connectivity index (χ2v) is 7.52. The number of ether oxygens (including phenoxy) is 2. The van der Waals surface area contributed by atoms with Gasteiger partial charge in [-0.25, -0.2) is 4.98 Å². The lowest BCUT2D eigenvalue weighted by Gasteiger charge is -2.12. The minimum atomic E-state index is -0.0629. The van der Waals surface area contributed by atoms with E-state index in [0.29, 0.717) is 31.7 Å². The molecule has 0 atom stereocenters. The van der Waals surface area contributed by atoms with Crippen molar-refractivity contribution >= 4 is 16.9 Å². The summed E-state index contributed by atoms with van der Waals surface area (Å²) in [5.41, 5.74) is 3.66. The Morgan fingerprint density at radius 2 is 1.78 bits per heavy atom. The molecular formula is C26H27N3O3. The largest absolute Gasteiger partial charge is 0.497 e. The number of para-hydroxylation sites is 2. The minimum Gasteiger partial charge on any atom is -0.497 e. The number of hydrogen-bond acceptors (Lipinski definition) is 4. The molecule has 3 aromatic carbocycles. The fourth-order valence-corrected chi connectivity index (χ4v) is 3.72. The van der Waals surface area contributed by atoms with E-state index in [9.17, 15) is 4.79 Å². The second-order valence-electron chi connectivity index (χ2n) is 7.52. The van der Waals surface area contributed by atoms with Gasteiger partial charge in [0.15, 0.2) is 0 Å². The molecule has 0 unspecified atom stereocenters. The van der Waals surface area contributed by atoms with E-state index in [0.717, 1.165) is 33.9 Å². The summed E-state index contributed by atoms with van der Waals surface area (Å²) in [5.74, 6) is 2.39. The summed E-state index contributed by atoms with van der Waals surface area (Å²) in [6.07, 6.45) is 0.630. The minimum absolute atomic E-state index is 0.0629. The number of carbonyl (C=O) groups is 1. The molecule has 6 nitrogen and oxygen atoms in total. The fraction of sp³-hybridized carbons (Fsp3) is 0.231. The van der Waals surface area contributed by atoms with Crippen molar-refractivity contribution in [2.75, 3.05) is 20.3 Å². The fourth-order valence-electron chi connectivity index (χ4n) is 3.72. The summed E-state index contributed by atoms with van der Waals surface area (Å²) in [4.78, 5) is 17.3. The number of methoxy groups -OCH3 is 1. The number of fused-ring (bicyclic) bond motifs is 1. The van der Waals surface area contributed by atoms with E-state index in [2.05, 4.69) is 16.0 Å². The number of aryl methyl sites for hydroxylation is 1. The van der Waals surface area contributed by atoms with Crippen LogP contribution in [0.1, 0.15) is 21.7 Å². The first-order valence-corrected chi connectivity index (χ1v) is 10.7. The third-order valence-corrected chi connectivity index (χ3v) is 5.38. The number of nitrogens with zero attached hydrogens (tertiary/aromatic N) is 2. The number of aromatic nitrogens is 2. The molecule has 1 aromatic heterocycles. The quantitative estimate of drug-likeness (QED) is 0.428. The zero-order valence-corrected chi connectivity index (χ0v) is 18.4. The van der Waals surface area contributed by atoms with E-state index >= 15 is 0 Å². The van der Waals surface area contributed by atoms with Crippen LogP contribution in [0.5, 0.6) is 11.5 Å². The van der Waals surface area contributed by atoms with Crippen LogP contribution in [0.3, 0.4) is 0 Å². The van der Waals surface area contributed by atoms with Gasteiger partial charge in [-0.05, 0) is 42.8 Å². The van der Waals surface area contributed by atoms with Crippen molar-refractivity contribution in [3.63, 3.8) is 0 Å². The van der Waals surface area contributed by atoms with Crippen molar-refractivity contribution < 1.29 is 14.3 Å². The number of imidazole rings is 1. The van der Waals surface area contributed by atoms with E-state index in [1.54, 1.807) is 7.11 Å². The van der Waals surface area contributed by atoms with Gasteiger partial charge < -0.3 is 19.4 Å². The van der Waals surface area contributed by atoms with E-state index in [1.807, 2.05) is 73.7 Å². The van der Waals surface area contributed by atoms with E-state index < -0.39 is 0 Å². The van der Waals surface area contributed by atoms with Gasteiger partial charge >= 0.3 is 0 Å². The van der Waals surface area contributed by atoms with Crippen LogP contribution in [0.2, 0.25) is 0 Å². The van der Waals surface area contributed by atoms with Gasteiger partial charge in [-0.2, -0.15) is 0 Å². The molecule has 1 N–H and O–H groups in total. The Morgan fingerprint density at radius 1 is 1.00 bits per heavy atom. The maximum Gasteiger partial charge on any atom is 0.251 e. The molecule has 1 amide bonds. The smallest absolute Gasteiger partial charge is 0.251 e. The average Bonchev–Trinajstić information content (AvgIpc) is 3.17. The highest BCUT2D eigenvalue weighted by Gasteiger charge is 2.12. The standard InChI is InChI=1S/C26H27N3O3/c1-19-8-3-4-11-22(19)26(30)27-15-14-25-28-23-12-5-6-13-24(23)29(25)16-17-32-21-10-7-9-20(18-21)31-2/h3-13,18H,14-17H2,1-2H3,(H,27,30). The molecule has 0 saturated heterocycles. The molecule has 0 bridgehead atoms. The van der Waals surface area contributed by atoms with Crippen molar-refractivity contribution in [1.82, 2.24) is 14.9 Å². The van der Waals surface area contributed by atoms with Gasteiger partial charge in [-0.15, -0.1) is 0 Å². The highest BCUT2D eigenvalue weighted by molar-refractivity contribution is 5.95. The van der Waals surface area contributed by atoms with Crippen LogP contribution in [-0.4, -0.2) is 35.7 Å². The Hall–Kier alpha value is -3.80. The van der Waals surface area contributed by atoms with Crippen molar-refractivity contribution in [3.05, 3.63) is 89.7 Å². The van der Waals surface area contributed by atoms with Crippen molar-refractivity contribution in [3.8, 4) is 11.5 Å². The predicted molar refractivity (Wildman–Crippen MR) is 125 cm³/mol. The highest BCUT2D eigenvalue weighted by Crippen LogP contribution is 2.20. The van der Waals surface area contributed by atoms with Crippen LogP contribution in [0.25, 0.3) is 11.0 Å². The van der Waals surface area contributed by atoms with E-state index in [1.165, 1.54) is 0 Å².